The Balaban J connectivity index is 1.83. The Morgan fingerprint density at radius 3 is 2.93 bits per heavy atom. The molecule has 2 rings (SSSR count). The maximum atomic E-state index is 5.48. The third kappa shape index (κ3) is 7.10. The summed E-state index contributed by atoms with van der Waals surface area (Å²) in [7, 11) is 0. The van der Waals surface area contributed by atoms with E-state index in [0.717, 1.165) is 31.6 Å². The van der Waals surface area contributed by atoms with Gasteiger partial charge in [-0.3, -0.25) is 4.90 Å². The number of nitrogens with zero attached hydrogens (tertiary/aromatic N) is 4. The molecule has 0 aliphatic carbocycles. The molecule has 1 aliphatic rings. The quantitative estimate of drug-likeness (QED) is 0.476. The second kappa shape index (κ2) is 11.9. The lowest BCUT2D eigenvalue weighted by molar-refractivity contribution is 0.0683. The van der Waals surface area contributed by atoms with Crippen LogP contribution < -0.4 is 10.6 Å². The van der Waals surface area contributed by atoms with Gasteiger partial charge in [-0.05, 0) is 46.6 Å². The predicted molar refractivity (Wildman–Crippen MR) is 107 cm³/mol. The largest absolute Gasteiger partial charge is 0.371 e. The highest BCUT2D eigenvalue weighted by atomic mass is 16.5. The summed E-state index contributed by atoms with van der Waals surface area (Å²) in [4.78, 5) is 11.5. The van der Waals surface area contributed by atoms with E-state index in [4.69, 9.17) is 9.26 Å². The zero-order chi connectivity index (χ0) is 19.5. The fraction of sp³-hybridized carbons (Fsp3) is 0.842. The average molecular weight is 381 g/mol. The van der Waals surface area contributed by atoms with E-state index in [1.807, 2.05) is 13.8 Å². The molecule has 1 saturated heterocycles. The molecule has 1 aromatic rings. The molecule has 27 heavy (non-hydrogen) atoms. The maximum Gasteiger partial charge on any atom is 0.248 e. The lowest BCUT2D eigenvalue weighted by Crippen LogP contribution is -2.45. The van der Waals surface area contributed by atoms with Crippen molar-refractivity contribution in [1.82, 2.24) is 25.7 Å². The van der Waals surface area contributed by atoms with Gasteiger partial charge in [-0.2, -0.15) is 4.98 Å². The molecule has 0 bridgehead atoms. The van der Waals surface area contributed by atoms with Crippen LogP contribution in [0.15, 0.2) is 9.52 Å². The summed E-state index contributed by atoms with van der Waals surface area (Å²) in [6.45, 7) is 13.1. The maximum absolute atomic E-state index is 5.48. The number of aromatic nitrogens is 2. The Morgan fingerprint density at radius 1 is 1.33 bits per heavy atom. The van der Waals surface area contributed by atoms with Crippen molar-refractivity contribution in [3.8, 4) is 0 Å². The van der Waals surface area contributed by atoms with Crippen LogP contribution >= 0.6 is 0 Å². The van der Waals surface area contributed by atoms with E-state index < -0.39 is 0 Å². The summed E-state index contributed by atoms with van der Waals surface area (Å²) in [5, 5.41) is 10.7. The van der Waals surface area contributed by atoms with Crippen molar-refractivity contribution in [2.24, 2.45) is 4.99 Å². The van der Waals surface area contributed by atoms with Crippen LogP contribution in [0.1, 0.15) is 71.2 Å². The van der Waals surface area contributed by atoms with Crippen molar-refractivity contribution < 1.29 is 9.26 Å². The number of hydrogen-bond acceptors (Lipinski definition) is 6. The normalized spacial score (nSPS) is 19.9. The first-order valence-electron chi connectivity index (χ1n) is 10.4. The zero-order valence-electron chi connectivity index (χ0n) is 17.3. The van der Waals surface area contributed by atoms with Crippen LogP contribution in [-0.4, -0.2) is 59.8 Å². The fourth-order valence-corrected chi connectivity index (χ4v) is 3.44. The van der Waals surface area contributed by atoms with Gasteiger partial charge >= 0.3 is 0 Å². The molecule has 0 spiro atoms. The van der Waals surface area contributed by atoms with Gasteiger partial charge in [0.15, 0.2) is 11.8 Å². The van der Waals surface area contributed by atoms with Crippen LogP contribution in [0.5, 0.6) is 0 Å². The summed E-state index contributed by atoms with van der Waals surface area (Å²) < 4.78 is 10.8. The molecule has 2 heterocycles. The summed E-state index contributed by atoms with van der Waals surface area (Å²) in [5.74, 6) is 1.84. The Hall–Kier alpha value is -1.67. The molecule has 2 N–H and O–H groups in total. The monoisotopic (exact) mass is 380 g/mol. The van der Waals surface area contributed by atoms with E-state index in [2.05, 4.69) is 44.5 Å². The second-order valence-electron chi connectivity index (χ2n) is 6.86. The number of likely N-dealkylation sites (tertiary alicyclic amines) is 1. The van der Waals surface area contributed by atoms with E-state index in [0.29, 0.717) is 24.9 Å². The minimum Gasteiger partial charge on any atom is -0.371 e. The highest BCUT2D eigenvalue weighted by molar-refractivity contribution is 5.79. The minimum atomic E-state index is -0.168. The van der Waals surface area contributed by atoms with Gasteiger partial charge in [0.05, 0.1) is 0 Å². The number of hydrogen-bond donors (Lipinski definition) is 2. The Bertz CT molecular complexity index is 562. The lowest BCUT2D eigenvalue weighted by Gasteiger charge is -2.35. The highest BCUT2D eigenvalue weighted by Crippen LogP contribution is 2.18. The Labute approximate surface area is 163 Å². The molecular weight excluding hydrogens is 344 g/mol. The number of rotatable bonds is 10. The third-order valence-electron chi connectivity index (χ3n) is 4.89. The van der Waals surface area contributed by atoms with Gasteiger partial charge in [0.25, 0.3) is 0 Å². The van der Waals surface area contributed by atoms with Gasteiger partial charge in [0.1, 0.15) is 12.6 Å². The number of nitrogens with one attached hydrogen (secondary N) is 2. The van der Waals surface area contributed by atoms with Crippen molar-refractivity contribution >= 4 is 5.96 Å². The molecule has 1 fully saturated rings. The van der Waals surface area contributed by atoms with Crippen molar-refractivity contribution in [2.45, 2.75) is 72.1 Å². The summed E-state index contributed by atoms with van der Waals surface area (Å²) in [5.41, 5.74) is 0. The molecule has 0 aromatic carbocycles. The number of piperidine rings is 1. The molecule has 2 unspecified atom stereocenters. The summed E-state index contributed by atoms with van der Waals surface area (Å²) in [6.07, 6.45) is 5.06. The van der Waals surface area contributed by atoms with Gasteiger partial charge in [-0.15, -0.1) is 0 Å². The molecule has 8 heteroatoms. The molecule has 1 aliphatic heterocycles. The molecule has 154 valence electrons. The van der Waals surface area contributed by atoms with Crippen molar-refractivity contribution in [3.05, 3.63) is 11.7 Å². The summed E-state index contributed by atoms with van der Waals surface area (Å²) in [6, 6.07) is 0.726. The van der Waals surface area contributed by atoms with Crippen LogP contribution in [0.3, 0.4) is 0 Å². The Kier molecular flexibility index (Phi) is 9.55. The molecule has 0 radical (unpaired) electrons. The van der Waals surface area contributed by atoms with Crippen LogP contribution in [0, 0.1) is 0 Å². The van der Waals surface area contributed by atoms with E-state index >= 15 is 0 Å². The number of ether oxygens (including phenoxy) is 1. The topological polar surface area (TPSA) is 87.8 Å². The van der Waals surface area contributed by atoms with Crippen LogP contribution in [0.25, 0.3) is 0 Å². The Morgan fingerprint density at radius 2 is 2.19 bits per heavy atom. The van der Waals surface area contributed by atoms with Crippen LogP contribution in [0.2, 0.25) is 0 Å². The average Bonchev–Trinajstić information content (AvgIpc) is 3.16. The standard InChI is InChI=1S/C19H36N6O2/c1-5-16-10-8-9-12-25(16)13-11-21-19(20-6-2)22-14-17-23-18(24-27-17)15(4)26-7-3/h15-16H,5-14H2,1-4H3,(H2,20,21,22). The molecule has 0 saturated carbocycles. The van der Waals surface area contributed by atoms with E-state index in [1.54, 1.807) is 0 Å². The lowest BCUT2D eigenvalue weighted by atomic mass is 10.0. The predicted octanol–water partition coefficient (Wildman–Crippen LogP) is 2.49. The first-order valence-corrected chi connectivity index (χ1v) is 10.4. The van der Waals surface area contributed by atoms with E-state index in [9.17, 15) is 0 Å². The first kappa shape index (κ1) is 21.6. The van der Waals surface area contributed by atoms with Crippen molar-refractivity contribution in [3.63, 3.8) is 0 Å². The fourth-order valence-electron chi connectivity index (χ4n) is 3.44. The van der Waals surface area contributed by atoms with Gasteiger partial charge in [0.2, 0.25) is 5.89 Å². The molecule has 1 aromatic heterocycles. The van der Waals surface area contributed by atoms with Gasteiger partial charge in [-0.25, -0.2) is 4.99 Å². The summed E-state index contributed by atoms with van der Waals surface area (Å²) >= 11 is 0. The molecule has 8 nitrogen and oxygen atoms in total. The first-order chi connectivity index (χ1) is 13.2. The van der Waals surface area contributed by atoms with Gasteiger partial charge < -0.3 is 19.9 Å². The minimum absolute atomic E-state index is 0.168. The molecule has 0 amide bonds. The zero-order valence-corrected chi connectivity index (χ0v) is 17.3. The van der Waals surface area contributed by atoms with Gasteiger partial charge in [-0.1, -0.05) is 18.5 Å². The van der Waals surface area contributed by atoms with Crippen molar-refractivity contribution in [2.75, 3.05) is 32.8 Å². The number of aliphatic imine (C=N–C) groups is 1. The molecule has 2 atom stereocenters. The SMILES string of the molecule is CCNC(=NCc1nc(C(C)OCC)no1)NCCN1CCCCC1CC. The third-order valence-corrected chi connectivity index (χ3v) is 4.89. The highest BCUT2D eigenvalue weighted by Gasteiger charge is 2.20. The second-order valence-corrected chi connectivity index (χ2v) is 6.86. The van der Waals surface area contributed by atoms with Crippen molar-refractivity contribution in [1.29, 1.82) is 0 Å². The molecular formula is C19H36N6O2. The van der Waals surface area contributed by atoms with Gasteiger partial charge in [0, 0.05) is 32.3 Å². The van der Waals surface area contributed by atoms with Crippen LogP contribution in [0.4, 0.5) is 0 Å². The van der Waals surface area contributed by atoms with E-state index in [1.165, 1.54) is 32.2 Å². The van der Waals surface area contributed by atoms with E-state index in [-0.39, 0.29) is 6.10 Å². The smallest absolute Gasteiger partial charge is 0.248 e. The van der Waals surface area contributed by atoms with Crippen LogP contribution in [-0.2, 0) is 11.3 Å². The number of guanidine groups is 1.